The van der Waals surface area contributed by atoms with Gasteiger partial charge < -0.3 is 14.5 Å². The molecule has 30 heavy (non-hydrogen) atoms. The molecule has 1 aromatic rings. The average Bonchev–Trinajstić information content (AvgIpc) is 2.66. The first-order valence-corrected chi connectivity index (χ1v) is 10.8. The van der Waals surface area contributed by atoms with Crippen LogP contribution in [0.1, 0.15) is 58.6 Å². The first kappa shape index (κ1) is 22.3. The zero-order valence-electron chi connectivity index (χ0n) is 18.3. The molecule has 166 valence electrons. The van der Waals surface area contributed by atoms with Crippen LogP contribution in [0.25, 0.3) is 0 Å². The molecule has 0 radical (unpaired) electrons. The molecule has 0 aromatic carbocycles. The normalized spacial score (nSPS) is 19.7. The van der Waals surface area contributed by atoms with Crippen molar-refractivity contribution in [3.05, 3.63) is 17.8 Å². The minimum Gasteiger partial charge on any atom is -0.444 e. The third-order valence-corrected chi connectivity index (χ3v) is 5.68. The van der Waals surface area contributed by atoms with E-state index in [1.54, 1.807) is 6.07 Å². The summed E-state index contributed by atoms with van der Waals surface area (Å²) in [6, 6.07) is 3.75. The summed E-state index contributed by atoms with van der Waals surface area (Å²) in [6.45, 7) is 8.03. The fourth-order valence-corrected chi connectivity index (χ4v) is 3.90. The van der Waals surface area contributed by atoms with Gasteiger partial charge in [-0.15, -0.1) is 5.10 Å². The number of nitrogens with two attached hydrogens (primary N) is 1. The van der Waals surface area contributed by atoms with Gasteiger partial charge in [0, 0.05) is 19.6 Å². The van der Waals surface area contributed by atoms with Crippen LogP contribution < -0.4 is 16.2 Å². The molecule has 2 aliphatic rings. The van der Waals surface area contributed by atoms with Crippen molar-refractivity contribution in [2.45, 2.75) is 70.9 Å². The molecule has 2 fully saturated rings. The number of aromatic nitrogens is 2. The number of carbonyl (C=O) groups is 2. The van der Waals surface area contributed by atoms with Crippen molar-refractivity contribution >= 4 is 17.8 Å². The maximum absolute atomic E-state index is 13.0. The van der Waals surface area contributed by atoms with Crippen LogP contribution in [0.4, 0.5) is 10.6 Å². The molecule has 2 amide bonds. The molecule has 0 bridgehead atoms. The summed E-state index contributed by atoms with van der Waals surface area (Å²) in [5.41, 5.74) is 2.15. The SMILES string of the molecule is CC(C)(C)OC(=O)N(CC1CCC1)[C@@H]1CCCN(c2ccc(CC(=O)NN)nn2)C1. The second-order valence-corrected chi connectivity index (χ2v) is 9.30. The molecule has 3 rings (SSSR count). The maximum Gasteiger partial charge on any atom is 0.410 e. The van der Waals surface area contributed by atoms with E-state index in [0.29, 0.717) is 18.2 Å². The monoisotopic (exact) mass is 418 g/mol. The van der Waals surface area contributed by atoms with Crippen LogP contribution in [0.3, 0.4) is 0 Å². The highest BCUT2D eigenvalue weighted by molar-refractivity contribution is 5.77. The molecule has 2 heterocycles. The van der Waals surface area contributed by atoms with E-state index in [0.717, 1.165) is 31.7 Å². The number of hydrazine groups is 1. The summed E-state index contributed by atoms with van der Waals surface area (Å²) >= 11 is 0. The summed E-state index contributed by atoms with van der Waals surface area (Å²) in [4.78, 5) is 28.5. The van der Waals surface area contributed by atoms with Crippen LogP contribution in [-0.4, -0.2) is 58.4 Å². The Bertz CT molecular complexity index is 729. The van der Waals surface area contributed by atoms with Gasteiger partial charge in [-0.2, -0.15) is 5.10 Å². The van der Waals surface area contributed by atoms with Gasteiger partial charge in [-0.05, 0) is 64.5 Å². The summed E-state index contributed by atoms with van der Waals surface area (Å²) in [5.74, 6) is 6.14. The van der Waals surface area contributed by atoms with Crippen LogP contribution in [-0.2, 0) is 16.0 Å². The van der Waals surface area contributed by atoms with Crippen LogP contribution in [0.15, 0.2) is 12.1 Å². The zero-order chi connectivity index (χ0) is 21.7. The number of piperidine rings is 1. The van der Waals surface area contributed by atoms with Crippen molar-refractivity contribution in [1.82, 2.24) is 20.5 Å². The van der Waals surface area contributed by atoms with Gasteiger partial charge in [0.05, 0.1) is 18.2 Å². The Morgan fingerprint density at radius 2 is 2.00 bits per heavy atom. The van der Waals surface area contributed by atoms with Crippen molar-refractivity contribution in [3.8, 4) is 0 Å². The summed E-state index contributed by atoms with van der Waals surface area (Å²) in [7, 11) is 0. The molecule has 1 aromatic heterocycles. The number of amides is 2. The number of hydrogen-bond donors (Lipinski definition) is 2. The average molecular weight is 419 g/mol. The van der Waals surface area contributed by atoms with E-state index < -0.39 is 5.60 Å². The second kappa shape index (κ2) is 9.59. The minimum atomic E-state index is -0.513. The van der Waals surface area contributed by atoms with Crippen LogP contribution in [0, 0.1) is 5.92 Å². The van der Waals surface area contributed by atoms with Gasteiger partial charge in [-0.1, -0.05) is 6.42 Å². The van der Waals surface area contributed by atoms with E-state index in [1.165, 1.54) is 19.3 Å². The second-order valence-electron chi connectivity index (χ2n) is 9.30. The summed E-state index contributed by atoms with van der Waals surface area (Å²) < 4.78 is 5.72. The van der Waals surface area contributed by atoms with Gasteiger partial charge in [0.15, 0.2) is 5.82 Å². The fourth-order valence-electron chi connectivity index (χ4n) is 3.90. The molecular formula is C21H34N6O3. The highest BCUT2D eigenvalue weighted by atomic mass is 16.6. The van der Waals surface area contributed by atoms with Crippen molar-refractivity contribution in [2.24, 2.45) is 11.8 Å². The number of carbonyl (C=O) groups excluding carboxylic acids is 2. The molecule has 1 aliphatic carbocycles. The minimum absolute atomic E-state index is 0.0821. The van der Waals surface area contributed by atoms with E-state index >= 15 is 0 Å². The lowest BCUT2D eigenvalue weighted by molar-refractivity contribution is -0.120. The highest BCUT2D eigenvalue weighted by Crippen LogP contribution is 2.30. The van der Waals surface area contributed by atoms with E-state index in [4.69, 9.17) is 10.6 Å². The molecular weight excluding hydrogens is 384 g/mol. The van der Waals surface area contributed by atoms with Crippen molar-refractivity contribution < 1.29 is 14.3 Å². The highest BCUT2D eigenvalue weighted by Gasteiger charge is 2.34. The quantitative estimate of drug-likeness (QED) is 0.413. The van der Waals surface area contributed by atoms with E-state index in [-0.39, 0.29) is 24.5 Å². The van der Waals surface area contributed by atoms with Crippen LogP contribution in [0.2, 0.25) is 0 Å². The Morgan fingerprint density at radius 1 is 1.23 bits per heavy atom. The maximum atomic E-state index is 13.0. The molecule has 0 unspecified atom stereocenters. The number of nitrogens with zero attached hydrogens (tertiary/aromatic N) is 4. The standard InChI is InChI=1S/C21H34N6O3/c1-21(2,3)30-20(29)27(13-15-6-4-7-15)17-8-5-11-26(14-17)18-10-9-16(24-25-18)12-19(28)23-22/h9-10,15,17H,4-8,11-14,22H2,1-3H3,(H,23,28)/t17-/m1/s1. The first-order valence-electron chi connectivity index (χ1n) is 10.8. The Balaban J connectivity index is 1.68. The Kier molecular flexibility index (Phi) is 7.12. The number of nitrogens with one attached hydrogen (secondary N) is 1. The Hall–Kier alpha value is -2.42. The summed E-state index contributed by atoms with van der Waals surface area (Å²) in [5, 5.41) is 8.45. The van der Waals surface area contributed by atoms with Crippen LogP contribution in [0.5, 0.6) is 0 Å². The Labute approximate surface area is 178 Å². The van der Waals surface area contributed by atoms with Crippen molar-refractivity contribution in [1.29, 1.82) is 0 Å². The Morgan fingerprint density at radius 3 is 2.57 bits per heavy atom. The number of rotatable bonds is 6. The molecule has 0 spiro atoms. The van der Waals surface area contributed by atoms with Crippen molar-refractivity contribution in [3.63, 3.8) is 0 Å². The predicted molar refractivity (Wildman–Crippen MR) is 114 cm³/mol. The predicted octanol–water partition coefficient (Wildman–Crippen LogP) is 2.02. The van der Waals surface area contributed by atoms with Gasteiger partial charge in [0.2, 0.25) is 5.91 Å². The van der Waals surface area contributed by atoms with Crippen LogP contribution >= 0.6 is 0 Å². The third-order valence-electron chi connectivity index (χ3n) is 5.68. The van der Waals surface area contributed by atoms with Crippen molar-refractivity contribution in [2.75, 3.05) is 24.5 Å². The topological polar surface area (TPSA) is 114 Å². The molecule has 9 nitrogen and oxygen atoms in total. The van der Waals surface area contributed by atoms with Gasteiger partial charge in [0.25, 0.3) is 0 Å². The van der Waals surface area contributed by atoms with E-state index in [2.05, 4.69) is 20.5 Å². The number of anilines is 1. The van der Waals surface area contributed by atoms with Gasteiger partial charge in [-0.25, -0.2) is 10.6 Å². The lowest BCUT2D eigenvalue weighted by atomic mass is 9.84. The molecule has 1 saturated heterocycles. The third kappa shape index (κ3) is 6.04. The summed E-state index contributed by atoms with van der Waals surface area (Å²) in [6.07, 6.45) is 5.39. The largest absolute Gasteiger partial charge is 0.444 e. The lowest BCUT2D eigenvalue weighted by Crippen LogP contribution is -2.53. The van der Waals surface area contributed by atoms with E-state index in [1.807, 2.05) is 31.7 Å². The number of hydrogen-bond acceptors (Lipinski definition) is 7. The first-order chi connectivity index (χ1) is 14.2. The molecule has 1 saturated carbocycles. The lowest BCUT2D eigenvalue weighted by Gasteiger charge is -2.42. The number of ether oxygens (including phenoxy) is 1. The van der Waals surface area contributed by atoms with E-state index in [9.17, 15) is 9.59 Å². The molecule has 1 atom stereocenters. The van der Waals surface area contributed by atoms with Gasteiger partial charge in [-0.3, -0.25) is 10.2 Å². The molecule has 9 heteroatoms. The van der Waals surface area contributed by atoms with Gasteiger partial charge >= 0.3 is 6.09 Å². The fraction of sp³-hybridized carbons (Fsp3) is 0.714. The van der Waals surface area contributed by atoms with Gasteiger partial charge in [0.1, 0.15) is 5.60 Å². The smallest absolute Gasteiger partial charge is 0.410 e. The molecule has 3 N–H and O–H groups in total. The zero-order valence-corrected chi connectivity index (χ0v) is 18.3. The molecule has 1 aliphatic heterocycles.